The van der Waals surface area contributed by atoms with E-state index in [0.29, 0.717) is 11.2 Å². The quantitative estimate of drug-likeness (QED) is 0.883. The topological polar surface area (TPSA) is 58.1 Å². The van der Waals surface area contributed by atoms with Gasteiger partial charge in [-0.05, 0) is 37.5 Å². The molecule has 0 aliphatic carbocycles. The van der Waals surface area contributed by atoms with Crippen LogP contribution in [0.5, 0.6) is 0 Å². The fourth-order valence-electron chi connectivity index (χ4n) is 1.89. The van der Waals surface area contributed by atoms with E-state index in [0.717, 1.165) is 5.52 Å². The van der Waals surface area contributed by atoms with Crippen LogP contribution < -0.4 is 5.56 Å². The number of thiophene rings is 1. The highest BCUT2D eigenvalue weighted by Gasteiger charge is 2.21. The Morgan fingerprint density at radius 2 is 2.32 bits per heavy atom. The van der Waals surface area contributed by atoms with E-state index in [1.165, 1.54) is 15.9 Å². The molecule has 5 nitrogen and oxygen atoms in total. The second-order valence-corrected chi connectivity index (χ2v) is 5.60. The number of fused-ring (bicyclic) bond motifs is 1. The first-order valence-corrected chi connectivity index (χ1v) is 7.23. The molecule has 0 radical (unpaired) electrons. The summed E-state index contributed by atoms with van der Waals surface area (Å²) in [6.45, 7) is 4.17. The van der Waals surface area contributed by atoms with Crippen molar-refractivity contribution < 1.29 is 4.79 Å². The molecular weight excluding hydrogens is 282 g/mol. The second-order valence-electron chi connectivity index (χ2n) is 4.30. The van der Waals surface area contributed by atoms with Crippen LogP contribution in [0.2, 0.25) is 0 Å². The van der Waals surface area contributed by atoms with Crippen molar-refractivity contribution in [3.63, 3.8) is 0 Å². The molecule has 2 rings (SSSR count). The van der Waals surface area contributed by atoms with Crippen molar-refractivity contribution in [2.75, 3.05) is 13.6 Å². The van der Waals surface area contributed by atoms with E-state index in [1.807, 2.05) is 18.4 Å². The number of likely N-dealkylation sites (N-methyl/N-ethyl adjacent to an activating group) is 1. The monoisotopic (exact) mass is 297 g/mol. The van der Waals surface area contributed by atoms with Crippen LogP contribution in [0.15, 0.2) is 16.2 Å². The van der Waals surface area contributed by atoms with E-state index in [4.69, 9.17) is 12.2 Å². The number of aromatic nitrogens is 2. The zero-order valence-electron chi connectivity index (χ0n) is 11.0. The molecule has 0 fully saturated rings. The molecule has 1 N–H and O–H groups in total. The highest BCUT2D eigenvalue weighted by atomic mass is 32.1. The van der Waals surface area contributed by atoms with Gasteiger partial charge in [0.15, 0.2) is 4.77 Å². The molecule has 0 saturated heterocycles. The van der Waals surface area contributed by atoms with Crippen LogP contribution in [0, 0.1) is 4.77 Å². The number of nitrogens with zero attached hydrogens (tertiary/aromatic N) is 2. The Kier molecular flexibility index (Phi) is 3.86. The summed E-state index contributed by atoms with van der Waals surface area (Å²) >= 11 is 6.54. The van der Waals surface area contributed by atoms with E-state index in [9.17, 15) is 9.59 Å². The SMILES string of the molecule is CCN(C)C(=O)C(C)n1c(=S)[nH]c2ccsc2c1=O. The maximum Gasteiger partial charge on any atom is 0.272 e. The van der Waals surface area contributed by atoms with Gasteiger partial charge in [0, 0.05) is 13.6 Å². The number of hydrogen-bond acceptors (Lipinski definition) is 4. The lowest BCUT2D eigenvalue weighted by Gasteiger charge is -2.21. The van der Waals surface area contributed by atoms with Gasteiger partial charge >= 0.3 is 0 Å². The number of aromatic amines is 1. The number of carbonyl (C=O) groups excluding carboxylic acids is 1. The van der Waals surface area contributed by atoms with E-state index >= 15 is 0 Å². The largest absolute Gasteiger partial charge is 0.344 e. The van der Waals surface area contributed by atoms with Gasteiger partial charge in [0.2, 0.25) is 5.91 Å². The molecule has 2 aromatic rings. The lowest BCUT2D eigenvalue weighted by Crippen LogP contribution is -2.37. The molecule has 0 spiro atoms. The maximum absolute atomic E-state index is 12.4. The molecule has 0 bridgehead atoms. The summed E-state index contributed by atoms with van der Waals surface area (Å²) in [6.07, 6.45) is 0. The van der Waals surface area contributed by atoms with Gasteiger partial charge < -0.3 is 9.88 Å². The summed E-state index contributed by atoms with van der Waals surface area (Å²) in [6, 6.07) is 1.21. The van der Waals surface area contributed by atoms with Crippen LogP contribution in [-0.2, 0) is 4.79 Å². The van der Waals surface area contributed by atoms with Crippen LogP contribution in [0.4, 0.5) is 0 Å². The normalized spacial score (nSPS) is 12.6. The molecule has 0 aliphatic rings. The highest BCUT2D eigenvalue weighted by Crippen LogP contribution is 2.16. The van der Waals surface area contributed by atoms with Gasteiger partial charge in [0.25, 0.3) is 5.56 Å². The van der Waals surface area contributed by atoms with Gasteiger partial charge in [-0.3, -0.25) is 14.2 Å². The van der Waals surface area contributed by atoms with Crippen molar-refractivity contribution in [1.82, 2.24) is 14.5 Å². The number of nitrogens with one attached hydrogen (secondary N) is 1. The molecule has 1 atom stereocenters. The predicted octanol–water partition coefficient (Wildman–Crippen LogP) is 2.16. The molecular formula is C12H15N3O2S2. The smallest absolute Gasteiger partial charge is 0.272 e. The summed E-state index contributed by atoms with van der Waals surface area (Å²) in [7, 11) is 1.71. The lowest BCUT2D eigenvalue weighted by atomic mass is 10.3. The number of amides is 1. The minimum Gasteiger partial charge on any atom is -0.344 e. The van der Waals surface area contributed by atoms with E-state index in [-0.39, 0.29) is 16.2 Å². The molecule has 0 saturated carbocycles. The molecule has 1 unspecified atom stereocenters. The van der Waals surface area contributed by atoms with Crippen molar-refractivity contribution in [3.8, 4) is 0 Å². The molecule has 0 aromatic carbocycles. The first-order chi connectivity index (χ1) is 8.97. The Bertz CT molecular complexity index is 728. The summed E-state index contributed by atoms with van der Waals surface area (Å²) in [5.74, 6) is -0.125. The lowest BCUT2D eigenvalue weighted by molar-refractivity contribution is -0.132. The Hall–Kier alpha value is -1.47. The molecule has 2 heterocycles. The zero-order chi connectivity index (χ0) is 14.2. The van der Waals surface area contributed by atoms with Crippen LogP contribution in [0.1, 0.15) is 19.9 Å². The van der Waals surface area contributed by atoms with Crippen molar-refractivity contribution >= 4 is 39.7 Å². The van der Waals surface area contributed by atoms with Gasteiger partial charge in [-0.25, -0.2) is 0 Å². The van der Waals surface area contributed by atoms with E-state index < -0.39 is 6.04 Å². The molecule has 19 heavy (non-hydrogen) atoms. The van der Waals surface area contributed by atoms with Gasteiger partial charge in [-0.1, -0.05) is 0 Å². The van der Waals surface area contributed by atoms with Crippen molar-refractivity contribution in [1.29, 1.82) is 0 Å². The number of hydrogen-bond donors (Lipinski definition) is 1. The molecule has 1 amide bonds. The standard InChI is InChI=1S/C12H15N3O2S2/c1-4-14(3)10(16)7(2)15-11(17)9-8(5-6-19-9)13-12(15)18/h5-7H,4H2,1-3H3,(H,13,18). The Labute approximate surface area is 119 Å². The zero-order valence-corrected chi connectivity index (χ0v) is 12.6. The fraction of sp³-hybridized carbons (Fsp3) is 0.417. The van der Waals surface area contributed by atoms with Crippen LogP contribution in [0.25, 0.3) is 10.2 Å². The molecule has 102 valence electrons. The predicted molar refractivity (Wildman–Crippen MR) is 79.3 cm³/mol. The first-order valence-electron chi connectivity index (χ1n) is 5.94. The van der Waals surface area contributed by atoms with Gasteiger partial charge in [0.05, 0.1) is 5.52 Å². The summed E-state index contributed by atoms with van der Waals surface area (Å²) in [4.78, 5) is 29.1. The average Bonchev–Trinajstić information content (AvgIpc) is 2.84. The van der Waals surface area contributed by atoms with Crippen molar-refractivity contribution in [2.24, 2.45) is 0 Å². The van der Waals surface area contributed by atoms with Gasteiger partial charge in [-0.2, -0.15) is 0 Å². The molecule has 2 aromatic heterocycles. The molecule has 0 aliphatic heterocycles. The summed E-state index contributed by atoms with van der Waals surface area (Å²) < 4.78 is 2.22. The van der Waals surface area contributed by atoms with Crippen LogP contribution in [0.3, 0.4) is 0 Å². The minimum atomic E-state index is -0.604. The third-order valence-corrected chi connectivity index (χ3v) is 4.34. The van der Waals surface area contributed by atoms with Crippen molar-refractivity contribution in [2.45, 2.75) is 19.9 Å². The van der Waals surface area contributed by atoms with Crippen LogP contribution in [-0.4, -0.2) is 34.0 Å². The van der Waals surface area contributed by atoms with Crippen molar-refractivity contribution in [3.05, 3.63) is 26.6 Å². The molecule has 7 heteroatoms. The van der Waals surface area contributed by atoms with Gasteiger partial charge in [0.1, 0.15) is 10.7 Å². The third-order valence-electron chi connectivity index (χ3n) is 3.13. The summed E-state index contributed by atoms with van der Waals surface area (Å²) in [5, 5.41) is 1.83. The number of H-pyrrole nitrogens is 1. The Morgan fingerprint density at radius 3 is 2.95 bits per heavy atom. The Morgan fingerprint density at radius 1 is 1.63 bits per heavy atom. The maximum atomic E-state index is 12.4. The average molecular weight is 297 g/mol. The van der Waals surface area contributed by atoms with Crippen LogP contribution >= 0.6 is 23.6 Å². The van der Waals surface area contributed by atoms with Gasteiger partial charge in [-0.15, -0.1) is 11.3 Å². The highest BCUT2D eigenvalue weighted by molar-refractivity contribution is 7.71. The third kappa shape index (κ3) is 2.35. The number of carbonyl (C=O) groups is 1. The van der Waals surface area contributed by atoms with E-state index in [2.05, 4.69) is 4.98 Å². The number of rotatable bonds is 3. The first kappa shape index (κ1) is 14.0. The summed E-state index contributed by atoms with van der Waals surface area (Å²) in [5.41, 5.74) is 0.513. The Balaban J connectivity index is 2.59. The minimum absolute atomic E-state index is 0.125. The second kappa shape index (κ2) is 5.26. The fourth-order valence-corrected chi connectivity index (χ4v) is 3.02. The van der Waals surface area contributed by atoms with E-state index in [1.54, 1.807) is 18.9 Å².